The fourth-order valence-electron chi connectivity index (χ4n) is 3.84. The van der Waals surface area contributed by atoms with E-state index in [2.05, 4.69) is 24.1 Å². The van der Waals surface area contributed by atoms with Gasteiger partial charge >= 0.3 is 0 Å². The predicted octanol–water partition coefficient (Wildman–Crippen LogP) is 3.56. The van der Waals surface area contributed by atoms with Crippen molar-refractivity contribution < 1.29 is 0 Å². The second kappa shape index (κ2) is 7.49. The Labute approximate surface area is 114 Å². The fourth-order valence-corrected chi connectivity index (χ4v) is 3.84. The zero-order valence-electron chi connectivity index (χ0n) is 12.5. The summed E-state index contributed by atoms with van der Waals surface area (Å²) in [6.07, 6.45) is 12.7. The van der Waals surface area contributed by atoms with E-state index in [-0.39, 0.29) is 0 Å². The molecular weight excluding hydrogens is 220 g/mol. The van der Waals surface area contributed by atoms with E-state index in [9.17, 15) is 0 Å². The maximum atomic E-state index is 3.77. The molecule has 1 N–H and O–H groups in total. The number of likely N-dealkylation sites (tertiary alicyclic amines) is 1. The molecule has 0 aromatic heterocycles. The molecule has 2 heteroatoms. The molecule has 0 aromatic carbocycles. The van der Waals surface area contributed by atoms with Crippen LogP contribution in [-0.2, 0) is 0 Å². The molecule has 2 fully saturated rings. The van der Waals surface area contributed by atoms with Crippen molar-refractivity contribution in [3.8, 4) is 0 Å². The number of nitrogens with zero attached hydrogens (tertiary/aromatic N) is 1. The number of rotatable bonds is 6. The molecule has 0 spiro atoms. The summed E-state index contributed by atoms with van der Waals surface area (Å²) in [5, 5.41) is 3.77. The summed E-state index contributed by atoms with van der Waals surface area (Å²) in [6.45, 7) is 7.28. The van der Waals surface area contributed by atoms with E-state index in [4.69, 9.17) is 0 Å². The van der Waals surface area contributed by atoms with Gasteiger partial charge in [-0.25, -0.2) is 0 Å². The summed E-state index contributed by atoms with van der Waals surface area (Å²) in [5.41, 5.74) is 0. The average molecular weight is 252 g/mol. The van der Waals surface area contributed by atoms with E-state index in [0.29, 0.717) is 0 Å². The molecule has 2 atom stereocenters. The van der Waals surface area contributed by atoms with Gasteiger partial charge in [-0.15, -0.1) is 0 Å². The molecule has 2 nitrogen and oxygen atoms in total. The molecule has 0 aromatic rings. The Bertz CT molecular complexity index is 223. The van der Waals surface area contributed by atoms with Crippen LogP contribution in [0.1, 0.15) is 71.6 Å². The first-order valence-electron chi connectivity index (χ1n) is 8.30. The van der Waals surface area contributed by atoms with Gasteiger partial charge in [-0.05, 0) is 58.5 Å². The number of hydrogen-bond donors (Lipinski definition) is 1. The lowest BCUT2D eigenvalue weighted by Gasteiger charge is -2.28. The van der Waals surface area contributed by atoms with Crippen molar-refractivity contribution in [3.63, 3.8) is 0 Å². The third-order valence-electron chi connectivity index (χ3n) is 5.06. The van der Waals surface area contributed by atoms with Gasteiger partial charge in [0.2, 0.25) is 0 Å². The molecule has 1 heterocycles. The van der Waals surface area contributed by atoms with Gasteiger partial charge in [0.25, 0.3) is 0 Å². The highest BCUT2D eigenvalue weighted by molar-refractivity contribution is 4.84. The zero-order valence-corrected chi connectivity index (χ0v) is 12.5. The van der Waals surface area contributed by atoms with Gasteiger partial charge in [-0.1, -0.05) is 26.2 Å². The summed E-state index contributed by atoms with van der Waals surface area (Å²) >= 11 is 0. The van der Waals surface area contributed by atoms with Crippen LogP contribution in [0.2, 0.25) is 0 Å². The lowest BCUT2D eigenvalue weighted by molar-refractivity contribution is 0.194. The topological polar surface area (TPSA) is 15.3 Å². The van der Waals surface area contributed by atoms with Gasteiger partial charge in [-0.2, -0.15) is 0 Å². The molecule has 1 aliphatic heterocycles. The van der Waals surface area contributed by atoms with Crippen LogP contribution < -0.4 is 5.32 Å². The van der Waals surface area contributed by atoms with Crippen LogP contribution in [0.3, 0.4) is 0 Å². The molecule has 2 rings (SSSR count). The molecule has 1 saturated carbocycles. The van der Waals surface area contributed by atoms with Crippen LogP contribution in [0.15, 0.2) is 0 Å². The van der Waals surface area contributed by atoms with Gasteiger partial charge in [0.1, 0.15) is 0 Å². The van der Waals surface area contributed by atoms with Crippen LogP contribution in [0.4, 0.5) is 0 Å². The van der Waals surface area contributed by atoms with E-state index in [1.165, 1.54) is 70.9 Å². The van der Waals surface area contributed by atoms with Crippen molar-refractivity contribution in [3.05, 3.63) is 0 Å². The van der Waals surface area contributed by atoms with Gasteiger partial charge in [0, 0.05) is 18.1 Å². The van der Waals surface area contributed by atoms with Crippen molar-refractivity contribution in [2.24, 2.45) is 0 Å². The highest BCUT2D eigenvalue weighted by atomic mass is 15.2. The molecule has 0 radical (unpaired) electrons. The Kier molecular flexibility index (Phi) is 5.97. The lowest BCUT2D eigenvalue weighted by Crippen LogP contribution is -2.38. The largest absolute Gasteiger partial charge is 0.314 e. The van der Waals surface area contributed by atoms with Crippen LogP contribution >= 0.6 is 0 Å². The lowest BCUT2D eigenvalue weighted by atomic mass is 9.95. The minimum atomic E-state index is 0.824. The van der Waals surface area contributed by atoms with Gasteiger partial charge in [-0.3, -0.25) is 4.90 Å². The third-order valence-corrected chi connectivity index (χ3v) is 5.06. The Hall–Kier alpha value is -0.0800. The summed E-state index contributed by atoms with van der Waals surface area (Å²) in [6, 6.07) is 2.52. The second-order valence-electron chi connectivity index (χ2n) is 6.37. The Balaban J connectivity index is 1.59. The summed E-state index contributed by atoms with van der Waals surface area (Å²) < 4.78 is 0. The Morgan fingerprint density at radius 1 is 1.06 bits per heavy atom. The van der Waals surface area contributed by atoms with Crippen molar-refractivity contribution in [2.45, 2.75) is 89.8 Å². The number of nitrogens with one attached hydrogen (secondary N) is 1. The van der Waals surface area contributed by atoms with Crippen molar-refractivity contribution in [1.82, 2.24) is 10.2 Å². The highest BCUT2D eigenvalue weighted by Gasteiger charge is 2.28. The summed E-state index contributed by atoms with van der Waals surface area (Å²) in [5.74, 6) is 0. The first-order valence-corrected chi connectivity index (χ1v) is 8.30. The third kappa shape index (κ3) is 3.96. The highest BCUT2D eigenvalue weighted by Crippen LogP contribution is 2.25. The van der Waals surface area contributed by atoms with E-state index >= 15 is 0 Å². The van der Waals surface area contributed by atoms with Crippen LogP contribution in [0.25, 0.3) is 0 Å². The molecule has 2 aliphatic rings. The maximum Gasteiger partial charge on any atom is 0.00960 e. The van der Waals surface area contributed by atoms with Gasteiger partial charge < -0.3 is 5.32 Å². The van der Waals surface area contributed by atoms with Crippen molar-refractivity contribution in [1.29, 1.82) is 0 Å². The van der Waals surface area contributed by atoms with E-state index in [0.717, 1.165) is 18.1 Å². The van der Waals surface area contributed by atoms with E-state index in [1.807, 2.05) is 0 Å². The van der Waals surface area contributed by atoms with Crippen molar-refractivity contribution >= 4 is 0 Å². The van der Waals surface area contributed by atoms with Gasteiger partial charge in [0.05, 0.1) is 0 Å². The minimum Gasteiger partial charge on any atom is -0.314 e. The first-order chi connectivity index (χ1) is 8.81. The van der Waals surface area contributed by atoms with E-state index < -0.39 is 0 Å². The molecule has 106 valence electrons. The molecule has 18 heavy (non-hydrogen) atoms. The molecule has 2 unspecified atom stereocenters. The van der Waals surface area contributed by atoms with Crippen LogP contribution in [0.5, 0.6) is 0 Å². The smallest absolute Gasteiger partial charge is 0.00960 e. The minimum absolute atomic E-state index is 0.824. The normalized spacial score (nSPS) is 31.0. The van der Waals surface area contributed by atoms with Crippen LogP contribution in [-0.4, -0.2) is 36.1 Å². The van der Waals surface area contributed by atoms with E-state index in [1.54, 1.807) is 0 Å². The molecule has 1 saturated heterocycles. The summed E-state index contributed by atoms with van der Waals surface area (Å²) in [7, 11) is 0. The summed E-state index contributed by atoms with van der Waals surface area (Å²) in [4.78, 5) is 2.75. The SMILES string of the molecule is CCC1CCC(C)N1CCCNC1CCCCC1. The predicted molar refractivity (Wildman–Crippen MR) is 79.0 cm³/mol. The Morgan fingerprint density at radius 3 is 2.56 bits per heavy atom. The average Bonchev–Trinajstić information content (AvgIpc) is 2.77. The molecule has 0 amide bonds. The quantitative estimate of drug-likeness (QED) is 0.727. The zero-order chi connectivity index (χ0) is 12.8. The fraction of sp³-hybridized carbons (Fsp3) is 1.00. The maximum absolute atomic E-state index is 3.77. The van der Waals surface area contributed by atoms with Crippen molar-refractivity contribution in [2.75, 3.05) is 13.1 Å². The number of hydrogen-bond acceptors (Lipinski definition) is 2. The Morgan fingerprint density at radius 2 is 1.83 bits per heavy atom. The van der Waals surface area contributed by atoms with Gasteiger partial charge in [0.15, 0.2) is 0 Å². The second-order valence-corrected chi connectivity index (χ2v) is 6.37. The monoisotopic (exact) mass is 252 g/mol. The molecule has 0 bridgehead atoms. The molecule has 1 aliphatic carbocycles. The first kappa shape index (κ1) is 14.3. The van der Waals surface area contributed by atoms with Crippen LogP contribution in [0, 0.1) is 0 Å². The molecular formula is C16H32N2. The standard InChI is InChI=1S/C16H32N2/c1-3-16-11-10-14(2)18(16)13-7-12-17-15-8-5-4-6-9-15/h14-17H,3-13H2,1-2H3.